The van der Waals surface area contributed by atoms with Gasteiger partial charge in [0.25, 0.3) is 0 Å². The van der Waals surface area contributed by atoms with E-state index in [4.69, 9.17) is 0 Å². The maximum atomic E-state index is 10.2. The minimum absolute atomic E-state index is 0.312. The van der Waals surface area contributed by atoms with Crippen molar-refractivity contribution in [1.82, 2.24) is 10.2 Å². The molecular weight excluding hydrogens is 260 g/mol. The summed E-state index contributed by atoms with van der Waals surface area (Å²) in [7, 11) is 0. The fourth-order valence-electron chi connectivity index (χ4n) is 3.58. The summed E-state index contributed by atoms with van der Waals surface area (Å²) < 4.78 is 0. The fraction of sp³-hybridized carbons (Fsp3) is 0.667. The van der Waals surface area contributed by atoms with E-state index in [2.05, 4.69) is 30.1 Å². The van der Waals surface area contributed by atoms with Gasteiger partial charge in [0.15, 0.2) is 0 Å². The number of phenols is 1. The van der Waals surface area contributed by atoms with Crippen molar-refractivity contribution in [3.8, 4) is 5.75 Å². The molecule has 0 spiro atoms. The van der Waals surface area contributed by atoms with E-state index in [0.717, 1.165) is 30.6 Å². The highest BCUT2D eigenvalue weighted by Crippen LogP contribution is 2.38. The highest BCUT2D eigenvalue weighted by molar-refractivity contribution is 5.38. The molecule has 3 rings (SSSR count). The summed E-state index contributed by atoms with van der Waals surface area (Å²) in [5, 5.41) is 13.7. The Morgan fingerprint density at radius 3 is 2.62 bits per heavy atom. The number of aromatic hydroxyl groups is 1. The lowest BCUT2D eigenvalue weighted by atomic mass is 9.95. The molecule has 0 aromatic heterocycles. The second-order valence-corrected chi connectivity index (χ2v) is 6.86. The first-order valence-electron chi connectivity index (χ1n) is 8.41. The summed E-state index contributed by atoms with van der Waals surface area (Å²) in [4.78, 5) is 2.64. The Bertz CT molecular complexity index is 478. The molecule has 116 valence electrons. The van der Waals surface area contributed by atoms with E-state index >= 15 is 0 Å². The van der Waals surface area contributed by atoms with Crippen LogP contribution in [0.5, 0.6) is 5.75 Å². The maximum absolute atomic E-state index is 10.2. The highest BCUT2D eigenvalue weighted by Gasteiger charge is 2.35. The van der Waals surface area contributed by atoms with E-state index in [-0.39, 0.29) is 0 Å². The molecule has 1 heterocycles. The van der Waals surface area contributed by atoms with Crippen LogP contribution in [-0.2, 0) is 0 Å². The van der Waals surface area contributed by atoms with Gasteiger partial charge in [-0.3, -0.25) is 4.90 Å². The van der Waals surface area contributed by atoms with Gasteiger partial charge in [0, 0.05) is 24.2 Å². The topological polar surface area (TPSA) is 35.5 Å². The first-order chi connectivity index (χ1) is 10.1. The van der Waals surface area contributed by atoms with Crippen molar-refractivity contribution in [1.29, 1.82) is 0 Å². The van der Waals surface area contributed by atoms with Gasteiger partial charge in [0.1, 0.15) is 5.75 Å². The number of benzene rings is 1. The third-order valence-electron chi connectivity index (χ3n) is 5.07. The van der Waals surface area contributed by atoms with E-state index in [1.807, 2.05) is 12.1 Å². The fourth-order valence-corrected chi connectivity index (χ4v) is 3.58. The molecule has 2 aliphatic rings. The van der Waals surface area contributed by atoms with Crippen LogP contribution in [0.2, 0.25) is 0 Å². The van der Waals surface area contributed by atoms with Crippen LogP contribution >= 0.6 is 0 Å². The quantitative estimate of drug-likeness (QED) is 0.873. The largest absolute Gasteiger partial charge is 0.508 e. The molecule has 21 heavy (non-hydrogen) atoms. The zero-order valence-electron chi connectivity index (χ0n) is 13.3. The lowest BCUT2D eigenvalue weighted by molar-refractivity contribution is 0.150. The summed E-state index contributed by atoms with van der Waals surface area (Å²) in [5.74, 6) is 1.25. The molecule has 1 aromatic rings. The molecule has 3 heteroatoms. The van der Waals surface area contributed by atoms with Gasteiger partial charge >= 0.3 is 0 Å². The number of nitrogens with zero attached hydrogens (tertiary/aromatic N) is 1. The SMILES string of the molecule is Cc1ccc(O)c(C(C)N(CC2CCNCC2)C2CC2)c1. The van der Waals surface area contributed by atoms with Crippen molar-refractivity contribution in [2.24, 2.45) is 5.92 Å². The molecule has 0 radical (unpaired) electrons. The molecule has 1 saturated carbocycles. The van der Waals surface area contributed by atoms with Crippen LogP contribution in [0.3, 0.4) is 0 Å². The van der Waals surface area contributed by atoms with Gasteiger partial charge in [0.2, 0.25) is 0 Å². The van der Waals surface area contributed by atoms with E-state index < -0.39 is 0 Å². The van der Waals surface area contributed by atoms with Crippen molar-refractivity contribution >= 4 is 0 Å². The summed E-state index contributed by atoms with van der Waals surface area (Å²) >= 11 is 0. The summed E-state index contributed by atoms with van der Waals surface area (Å²) in [6.07, 6.45) is 5.22. The maximum Gasteiger partial charge on any atom is 0.120 e. The number of hydrogen-bond acceptors (Lipinski definition) is 3. The lowest BCUT2D eigenvalue weighted by Gasteiger charge is -2.35. The van der Waals surface area contributed by atoms with E-state index in [0.29, 0.717) is 11.8 Å². The van der Waals surface area contributed by atoms with E-state index in [1.54, 1.807) is 0 Å². The van der Waals surface area contributed by atoms with Crippen LogP contribution in [0, 0.1) is 12.8 Å². The first kappa shape index (κ1) is 14.9. The molecule has 2 N–H and O–H groups in total. The van der Waals surface area contributed by atoms with Crippen LogP contribution in [0.1, 0.15) is 49.8 Å². The number of piperidine rings is 1. The van der Waals surface area contributed by atoms with Gasteiger partial charge in [-0.05, 0) is 64.6 Å². The number of rotatable bonds is 5. The third kappa shape index (κ3) is 3.58. The van der Waals surface area contributed by atoms with Crippen LogP contribution in [0.25, 0.3) is 0 Å². The Kier molecular flexibility index (Phi) is 4.51. The van der Waals surface area contributed by atoms with Crippen LogP contribution in [0.15, 0.2) is 18.2 Å². The van der Waals surface area contributed by atoms with Crippen molar-refractivity contribution < 1.29 is 5.11 Å². The third-order valence-corrected chi connectivity index (χ3v) is 5.07. The zero-order chi connectivity index (χ0) is 14.8. The Labute approximate surface area is 128 Å². The molecule has 1 unspecified atom stereocenters. The summed E-state index contributed by atoms with van der Waals surface area (Å²) in [5.41, 5.74) is 2.32. The molecule has 2 fully saturated rings. The Morgan fingerprint density at radius 1 is 1.24 bits per heavy atom. The zero-order valence-corrected chi connectivity index (χ0v) is 13.3. The average molecular weight is 288 g/mol. The van der Waals surface area contributed by atoms with Gasteiger partial charge in [-0.2, -0.15) is 0 Å². The van der Waals surface area contributed by atoms with Crippen molar-refractivity contribution in [3.63, 3.8) is 0 Å². The lowest BCUT2D eigenvalue weighted by Crippen LogP contribution is -2.38. The van der Waals surface area contributed by atoms with Gasteiger partial charge in [-0.15, -0.1) is 0 Å². The smallest absolute Gasteiger partial charge is 0.120 e. The molecule has 1 aliphatic carbocycles. The predicted molar refractivity (Wildman–Crippen MR) is 86.6 cm³/mol. The molecule has 1 aromatic carbocycles. The Morgan fingerprint density at radius 2 is 1.95 bits per heavy atom. The van der Waals surface area contributed by atoms with E-state index in [9.17, 15) is 5.11 Å². The molecule has 0 bridgehead atoms. The molecule has 0 amide bonds. The minimum Gasteiger partial charge on any atom is -0.508 e. The predicted octanol–water partition coefficient (Wildman–Crippen LogP) is 3.23. The highest BCUT2D eigenvalue weighted by atomic mass is 16.3. The van der Waals surface area contributed by atoms with Crippen molar-refractivity contribution in [3.05, 3.63) is 29.3 Å². The van der Waals surface area contributed by atoms with E-state index in [1.165, 1.54) is 37.8 Å². The van der Waals surface area contributed by atoms with Crippen LogP contribution in [-0.4, -0.2) is 35.7 Å². The van der Waals surface area contributed by atoms with Gasteiger partial charge in [-0.25, -0.2) is 0 Å². The Balaban J connectivity index is 1.74. The second-order valence-electron chi connectivity index (χ2n) is 6.86. The molecule has 3 nitrogen and oxygen atoms in total. The molecule has 1 aliphatic heterocycles. The summed E-state index contributed by atoms with van der Waals surface area (Å²) in [6.45, 7) is 7.86. The van der Waals surface area contributed by atoms with Gasteiger partial charge < -0.3 is 10.4 Å². The van der Waals surface area contributed by atoms with Crippen LogP contribution < -0.4 is 5.32 Å². The second kappa shape index (κ2) is 6.37. The van der Waals surface area contributed by atoms with Crippen LogP contribution in [0.4, 0.5) is 0 Å². The van der Waals surface area contributed by atoms with Gasteiger partial charge in [0.05, 0.1) is 0 Å². The average Bonchev–Trinajstić information content (AvgIpc) is 3.32. The minimum atomic E-state index is 0.312. The van der Waals surface area contributed by atoms with Gasteiger partial charge in [-0.1, -0.05) is 17.7 Å². The number of nitrogens with one attached hydrogen (secondary N) is 1. The number of phenolic OH excluding ortho intramolecular Hbond substituents is 1. The molecule has 1 saturated heterocycles. The van der Waals surface area contributed by atoms with Crippen molar-refractivity contribution in [2.45, 2.75) is 51.6 Å². The summed E-state index contributed by atoms with van der Waals surface area (Å²) in [6, 6.07) is 7.02. The molecule has 1 atom stereocenters. The standard InChI is InChI=1S/C18H28N2O/c1-13-3-6-18(21)17(11-13)14(2)20(16-4-5-16)12-15-7-9-19-10-8-15/h3,6,11,14-16,19,21H,4-5,7-10,12H2,1-2H3. The monoisotopic (exact) mass is 288 g/mol. The normalized spacial score (nSPS) is 21.7. The Hall–Kier alpha value is -1.06. The first-order valence-corrected chi connectivity index (χ1v) is 8.41. The van der Waals surface area contributed by atoms with Crippen molar-refractivity contribution in [2.75, 3.05) is 19.6 Å². The number of hydrogen-bond donors (Lipinski definition) is 2. The number of aryl methyl sites for hydroxylation is 1. The molecular formula is C18H28N2O.